The van der Waals surface area contributed by atoms with E-state index in [0.29, 0.717) is 5.82 Å². The lowest BCUT2D eigenvalue weighted by Gasteiger charge is -2.35. The highest BCUT2D eigenvalue weighted by molar-refractivity contribution is 6.06. The zero-order valence-corrected chi connectivity index (χ0v) is 36.9. The van der Waals surface area contributed by atoms with Crippen LogP contribution in [0.2, 0.25) is 0 Å². The Labute approximate surface area is 394 Å². The lowest BCUT2D eigenvalue weighted by Crippen LogP contribution is -2.29. The zero-order chi connectivity index (χ0) is 44.8. The first kappa shape index (κ1) is 38.4. The fraction of sp³-hybridized carbons (Fsp3) is 0.0154. The molecule has 2 aliphatic rings. The standard InChI is InChI=1S/C65H40N2O/c1-3-17-41(18-4-1)45-35-46(42-19-5-2-6-20-42)37-47(36-45)61-40-60(43-31-34-55-54-26-12-16-30-62(54)68-63(55)39-43)66-64(67-61)44-32-33-53-49-22-8-7-21-48(49)50-23-9-13-27-56(50)65(59(53)38-44)57-28-14-10-24-51(57)52-25-11-15-29-58(52)65/h1-40H. The Bertz CT molecular complexity index is 3870. The van der Waals surface area contributed by atoms with Crippen molar-refractivity contribution in [2.24, 2.45) is 0 Å². The number of nitrogens with zero attached hydrogens (tertiary/aromatic N) is 2. The third-order valence-corrected chi connectivity index (χ3v) is 14.3. The quantitative estimate of drug-likeness (QED) is 0.173. The van der Waals surface area contributed by atoms with Crippen molar-refractivity contribution in [1.29, 1.82) is 0 Å². The van der Waals surface area contributed by atoms with Gasteiger partial charge in [-0.2, -0.15) is 0 Å². The Hall–Kier alpha value is -8.92. The van der Waals surface area contributed by atoms with Gasteiger partial charge in [-0.05, 0) is 126 Å². The summed E-state index contributed by atoms with van der Waals surface area (Å²) in [6.07, 6.45) is 0. The molecule has 0 atom stereocenters. The monoisotopic (exact) mass is 864 g/mol. The zero-order valence-electron chi connectivity index (χ0n) is 36.9. The smallest absolute Gasteiger partial charge is 0.160 e. The molecule has 0 saturated carbocycles. The third kappa shape index (κ3) is 5.79. The van der Waals surface area contributed by atoms with Crippen molar-refractivity contribution in [1.82, 2.24) is 9.97 Å². The van der Waals surface area contributed by atoms with Gasteiger partial charge in [-0.3, -0.25) is 0 Å². The molecular weight excluding hydrogens is 825 g/mol. The van der Waals surface area contributed by atoms with Gasteiger partial charge in [0.05, 0.1) is 16.8 Å². The van der Waals surface area contributed by atoms with E-state index in [1.807, 2.05) is 12.1 Å². The Morgan fingerprint density at radius 2 is 0.721 bits per heavy atom. The van der Waals surface area contributed by atoms with E-state index in [4.69, 9.17) is 14.4 Å². The largest absolute Gasteiger partial charge is 0.456 e. The minimum atomic E-state index is -0.629. The van der Waals surface area contributed by atoms with Gasteiger partial charge in [0.1, 0.15) is 11.2 Å². The van der Waals surface area contributed by atoms with E-state index in [1.54, 1.807) is 0 Å². The molecule has 3 nitrogen and oxygen atoms in total. The number of hydrogen-bond acceptors (Lipinski definition) is 3. The number of benzene rings is 10. The van der Waals surface area contributed by atoms with E-state index in [0.717, 1.165) is 72.3 Å². The maximum Gasteiger partial charge on any atom is 0.160 e. The van der Waals surface area contributed by atoms with Crippen LogP contribution in [0.25, 0.3) is 111 Å². The molecule has 14 rings (SSSR count). The Morgan fingerprint density at radius 3 is 1.34 bits per heavy atom. The fourth-order valence-electron chi connectivity index (χ4n) is 11.3. The van der Waals surface area contributed by atoms with Gasteiger partial charge in [0.15, 0.2) is 5.82 Å². The van der Waals surface area contributed by atoms with Crippen molar-refractivity contribution < 1.29 is 4.42 Å². The summed E-state index contributed by atoms with van der Waals surface area (Å²) in [5.74, 6) is 0.650. The molecule has 0 fully saturated rings. The number of hydrogen-bond donors (Lipinski definition) is 0. The maximum absolute atomic E-state index is 6.47. The molecule has 0 amide bonds. The van der Waals surface area contributed by atoms with Crippen LogP contribution in [0.4, 0.5) is 0 Å². The van der Waals surface area contributed by atoms with Crippen LogP contribution in [-0.2, 0) is 5.41 Å². The average Bonchev–Trinajstić information content (AvgIpc) is 3.91. The molecule has 2 aliphatic carbocycles. The van der Waals surface area contributed by atoms with Crippen molar-refractivity contribution in [3.63, 3.8) is 0 Å². The van der Waals surface area contributed by atoms with Crippen LogP contribution in [0.1, 0.15) is 22.3 Å². The lowest BCUT2D eigenvalue weighted by molar-refractivity contribution is 0.669. The molecule has 0 saturated heterocycles. The minimum absolute atomic E-state index is 0.629. The van der Waals surface area contributed by atoms with E-state index >= 15 is 0 Å². The number of furan rings is 1. The summed E-state index contributed by atoms with van der Waals surface area (Å²) in [7, 11) is 0. The molecule has 0 unspecified atom stereocenters. The van der Waals surface area contributed by atoms with Gasteiger partial charge in [-0.15, -0.1) is 0 Å². The molecule has 0 bridgehead atoms. The summed E-state index contributed by atoms with van der Waals surface area (Å²) in [6, 6.07) is 87.8. The van der Waals surface area contributed by atoms with E-state index < -0.39 is 5.41 Å². The fourth-order valence-corrected chi connectivity index (χ4v) is 11.3. The molecule has 1 spiro atoms. The highest BCUT2D eigenvalue weighted by Gasteiger charge is 2.49. The minimum Gasteiger partial charge on any atom is -0.456 e. The SMILES string of the molecule is c1ccc(-c2cc(-c3ccccc3)cc(-c3cc(-c4ccc5c(c4)oc4ccccc45)nc(-c4ccc5c(c4)C4(c6ccccc6-c6ccccc6-5)c5ccccc5-c5ccccc54)n3)c2)cc1. The van der Waals surface area contributed by atoms with Gasteiger partial charge in [-0.1, -0.05) is 194 Å². The average molecular weight is 865 g/mol. The van der Waals surface area contributed by atoms with Gasteiger partial charge < -0.3 is 4.42 Å². The third-order valence-electron chi connectivity index (χ3n) is 14.3. The Morgan fingerprint density at radius 1 is 0.265 bits per heavy atom. The Kier molecular flexibility index (Phi) is 8.50. The van der Waals surface area contributed by atoms with E-state index in [2.05, 4.69) is 231 Å². The predicted octanol–water partition coefficient (Wildman–Crippen LogP) is 16.7. The van der Waals surface area contributed by atoms with Crippen LogP contribution in [-0.4, -0.2) is 9.97 Å². The Balaban J connectivity index is 1.05. The molecule has 10 aromatic carbocycles. The molecule has 0 N–H and O–H groups in total. The summed E-state index contributed by atoms with van der Waals surface area (Å²) in [5, 5.41) is 2.18. The summed E-state index contributed by atoms with van der Waals surface area (Å²) in [6.45, 7) is 0. The molecule has 2 aromatic heterocycles. The second-order valence-electron chi connectivity index (χ2n) is 18.0. The van der Waals surface area contributed by atoms with Crippen molar-refractivity contribution in [3.05, 3.63) is 265 Å². The maximum atomic E-state index is 6.47. The first-order chi connectivity index (χ1) is 33.7. The number of rotatable bonds is 5. The topological polar surface area (TPSA) is 38.9 Å². The molecule has 68 heavy (non-hydrogen) atoms. The first-order valence-electron chi connectivity index (χ1n) is 23.3. The molecule has 3 heteroatoms. The van der Waals surface area contributed by atoms with E-state index in [9.17, 15) is 0 Å². The number of para-hydroxylation sites is 1. The van der Waals surface area contributed by atoms with Crippen LogP contribution >= 0.6 is 0 Å². The summed E-state index contributed by atoms with van der Waals surface area (Å²) >= 11 is 0. The molecule has 12 aromatic rings. The normalized spacial score (nSPS) is 12.8. The van der Waals surface area contributed by atoms with E-state index in [1.165, 1.54) is 55.6 Å². The first-order valence-corrected chi connectivity index (χ1v) is 23.3. The van der Waals surface area contributed by atoms with Crippen molar-refractivity contribution in [2.75, 3.05) is 0 Å². The second kappa shape index (κ2) is 15.1. The van der Waals surface area contributed by atoms with Crippen molar-refractivity contribution in [3.8, 4) is 89.5 Å². The highest BCUT2D eigenvalue weighted by Crippen LogP contribution is 2.61. The van der Waals surface area contributed by atoms with Crippen molar-refractivity contribution in [2.45, 2.75) is 5.41 Å². The van der Waals surface area contributed by atoms with Gasteiger partial charge in [-0.25, -0.2) is 9.97 Å². The van der Waals surface area contributed by atoms with Gasteiger partial charge in [0, 0.05) is 27.5 Å². The number of aromatic nitrogens is 2. The molecule has 2 heterocycles. The van der Waals surface area contributed by atoms with Crippen LogP contribution in [0.15, 0.2) is 247 Å². The van der Waals surface area contributed by atoms with Crippen LogP contribution in [0.3, 0.4) is 0 Å². The lowest BCUT2D eigenvalue weighted by atomic mass is 9.65. The van der Waals surface area contributed by atoms with Crippen LogP contribution < -0.4 is 0 Å². The van der Waals surface area contributed by atoms with Crippen molar-refractivity contribution >= 4 is 21.9 Å². The predicted molar refractivity (Wildman–Crippen MR) is 278 cm³/mol. The van der Waals surface area contributed by atoms with Crippen LogP contribution in [0.5, 0.6) is 0 Å². The number of fused-ring (bicyclic) bond motifs is 15. The molecular formula is C65H40N2O. The van der Waals surface area contributed by atoms with Gasteiger partial charge in [0.25, 0.3) is 0 Å². The van der Waals surface area contributed by atoms with E-state index in [-0.39, 0.29) is 0 Å². The molecule has 0 radical (unpaired) electrons. The summed E-state index contributed by atoms with van der Waals surface area (Å²) < 4.78 is 6.47. The second-order valence-corrected chi connectivity index (χ2v) is 18.0. The van der Waals surface area contributed by atoms with Crippen LogP contribution in [0, 0.1) is 0 Å². The van der Waals surface area contributed by atoms with Gasteiger partial charge in [0.2, 0.25) is 0 Å². The molecule has 0 aliphatic heterocycles. The summed E-state index contributed by atoms with van der Waals surface area (Å²) in [5.41, 5.74) is 22.6. The summed E-state index contributed by atoms with van der Waals surface area (Å²) in [4.78, 5) is 11.1. The molecule has 316 valence electrons. The van der Waals surface area contributed by atoms with Gasteiger partial charge >= 0.3 is 0 Å². The highest BCUT2D eigenvalue weighted by atomic mass is 16.3.